The van der Waals surface area contributed by atoms with Crippen molar-refractivity contribution in [2.45, 2.75) is 24.9 Å². The van der Waals surface area contributed by atoms with Crippen LogP contribution in [0.1, 0.15) is 28.8 Å². The van der Waals surface area contributed by atoms with Gasteiger partial charge in [0.25, 0.3) is 0 Å². The summed E-state index contributed by atoms with van der Waals surface area (Å²) in [4.78, 5) is 26.9. The summed E-state index contributed by atoms with van der Waals surface area (Å²) in [6, 6.07) is 12.8. The fraction of sp³-hybridized carbons (Fsp3) is 0.364. The van der Waals surface area contributed by atoms with Crippen LogP contribution < -0.4 is 4.87 Å². The lowest BCUT2D eigenvalue weighted by atomic mass is 9.84. The third-order valence-corrected chi connectivity index (χ3v) is 7.03. The summed E-state index contributed by atoms with van der Waals surface area (Å²) in [5.41, 5.74) is 1.35. The molecule has 1 aromatic heterocycles. The largest absolute Gasteiger partial charge is 0.382 e. The van der Waals surface area contributed by atoms with Crippen molar-refractivity contribution in [1.82, 2.24) is 9.47 Å². The first-order chi connectivity index (χ1) is 13.9. The average Bonchev–Trinajstić information content (AvgIpc) is 3.01. The van der Waals surface area contributed by atoms with Crippen LogP contribution in [0.5, 0.6) is 0 Å². The maximum absolute atomic E-state index is 12.7. The number of aryl methyl sites for hydroxylation is 1. The van der Waals surface area contributed by atoms with Gasteiger partial charge in [0, 0.05) is 37.3 Å². The summed E-state index contributed by atoms with van der Waals surface area (Å²) in [6.07, 6.45) is 1.72. The summed E-state index contributed by atoms with van der Waals surface area (Å²) >= 11 is 7.16. The molecule has 3 aromatic rings. The van der Waals surface area contributed by atoms with Crippen molar-refractivity contribution in [3.05, 3.63) is 68.3 Å². The predicted octanol–water partition coefficient (Wildman–Crippen LogP) is 3.51. The number of hydrogen-bond acceptors (Lipinski definition) is 5. The zero-order chi connectivity index (χ0) is 20.6. The molecule has 0 amide bonds. The van der Waals surface area contributed by atoms with Crippen molar-refractivity contribution >= 4 is 38.9 Å². The van der Waals surface area contributed by atoms with Gasteiger partial charge < -0.3 is 14.6 Å². The van der Waals surface area contributed by atoms with E-state index < -0.39 is 5.60 Å². The number of hydrogen-bond donors (Lipinski definition) is 1. The number of fused-ring (bicyclic) bond motifs is 1. The Labute approximate surface area is 178 Å². The number of benzene rings is 2. The maximum atomic E-state index is 12.7. The number of carbonyl (C=O) groups is 1. The van der Waals surface area contributed by atoms with Gasteiger partial charge in [-0.25, -0.2) is 0 Å². The zero-order valence-electron chi connectivity index (χ0n) is 16.2. The number of piperidine rings is 1. The molecule has 2 heterocycles. The van der Waals surface area contributed by atoms with E-state index in [1.54, 1.807) is 35.9 Å². The van der Waals surface area contributed by atoms with Gasteiger partial charge in [-0.15, -0.1) is 0 Å². The van der Waals surface area contributed by atoms with Gasteiger partial charge in [0.1, 0.15) is 5.60 Å². The van der Waals surface area contributed by atoms with Crippen LogP contribution in [-0.2, 0) is 13.5 Å². The first-order valence-corrected chi connectivity index (χ1v) is 10.9. The van der Waals surface area contributed by atoms with Crippen LogP contribution in [0.2, 0.25) is 5.02 Å². The molecule has 0 atom stereocenters. The highest BCUT2D eigenvalue weighted by atomic mass is 35.5. The number of halogens is 1. The first kappa shape index (κ1) is 20.3. The molecule has 29 heavy (non-hydrogen) atoms. The Morgan fingerprint density at radius 2 is 1.86 bits per heavy atom. The van der Waals surface area contributed by atoms with Crippen LogP contribution in [-0.4, -0.2) is 45.6 Å². The summed E-state index contributed by atoms with van der Waals surface area (Å²) in [5.74, 6) is -0.224. The number of thiazole rings is 1. The normalized spacial score (nSPS) is 16.9. The fourth-order valence-electron chi connectivity index (χ4n) is 3.86. The third-order valence-electron chi connectivity index (χ3n) is 5.79. The van der Waals surface area contributed by atoms with Gasteiger partial charge >= 0.3 is 4.87 Å². The van der Waals surface area contributed by atoms with E-state index in [1.807, 2.05) is 6.07 Å². The highest BCUT2D eigenvalue weighted by Crippen LogP contribution is 2.27. The Hall–Kier alpha value is -1.99. The van der Waals surface area contributed by atoms with Crippen molar-refractivity contribution in [3.63, 3.8) is 0 Å². The molecule has 0 unspecified atom stereocenters. The molecule has 1 saturated heterocycles. The molecule has 0 aliphatic carbocycles. The van der Waals surface area contributed by atoms with E-state index >= 15 is 0 Å². The zero-order valence-corrected chi connectivity index (χ0v) is 17.8. The molecular weight excluding hydrogens is 408 g/mol. The van der Waals surface area contributed by atoms with Crippen molar-refractivity contribution in [2.75, 3.05) is 19.6 Å². The number of nitrogens with zero attached hydrogens (tertiary/aromatic N) is 2. The molecule has 7 heteroatoms. The van der Waals surface area contributed by atoms with Crippen molar-refractivity contribution < 1.29 is 9.90 Å². The molecule has 1 fully saturated rings. The van der Waals surface area contributed by atoms with E-state index in [0.29, 0.717) is 36.5 Å². The monoisotopic (exact) mass is 430 g/mol. The first-order valence-electron chi connectivity index (χ1n) is 9.69. The van der Waals surface area contributed by atoms with Crippen LogP contribution in [0, 0.1) is 0 Å². The van der Waals surface area contributed by atoms with Gasteiger partial charge in [-0.3, -0.25) is 9.59 Å². The van der Waals surface area contributed by atoms with Crippen molar-refractivity contribution in [1.29, 1.82) is 0 Å². The Morgan fingerprint density at radius 1 is 1.17 bits per heavy atom. The standard InChI is InChI=1S/C22H23ClN2O3S/c1-24-18-7-2-15(14-19(18)29-21(24)27)8-11-25-12-9-22(28,10-13-25)20(26)16-3-5-17(23)6-4-16/h2-7,14,28H,8-13H2,1H3. The molecule has 1 N–H and O–H groups in total. The maximum Gasteiger partial charge on any atom is 0.307 e. The minimum atomic E-state index is -1.31. The summed E-state index contributed by atoms with van der Waals surface area (Å²) in [6.45, 7) is 2.21. The van der Waals surface area contributed by atoms with Crippen LogP contribution in [0.25, 0.3) is 10.2 Å². The Balaban J connectivity index is 1.35. The van der Waals surface area contributed by atoms with Crippen LogP contribution in [0.15, 0.2) is 47.3 Å². The smallest absolute Gasteiger partial charge is 0.307 e. The molecule has 0 bridgehead atoms. The average molecular weight is 431 g/mol. The van der Waals surface area contributed by atoms with Gasteiger partial charge in [0.15, 0.2) is 5.78 Å². The lowest BCUT2D eigenvalue weighted by Gasteiger charge is -2.37. The van der Waals surface area contributed by atoms with Gasteiger partial charge in [-0.1, -0.05) is 29.0 Å². The van der Waals surface area contributed by atoms with E-state index in [-0.39, 0.29) is 10.7 Å². The molecule has 2 aromatic carbocycles. The number of rotatable bonds is 5. The van der Waals surface area contributed by atoms with E-state index in [4.69, 9.17) is 11.6 Å². The molecule has 1 aliphatic heterocycles. The molecule has 0 saturated carbocycles. The number of aromatic nitrogens is 1. The second kappa shape index (κ2) is 8.03. The second-order valence-corrected chi connectivity index (χ2v) is 9.12. The molecule has 0 spiro atoms. The quantitative estimate of drug-likeness (QED) is 0.629. The van der Waals surface area contributed by atoms with Crippen LogP contribution in [0.3, 0.4) is 0 Å². The van der Waals surface area contributed by atoms with Crippen LogP contribution in [0.4, 0.5) is 0 Å². The SMILES string of the molecule is Cn1c(=O)sc2cc(CCN3CCC(O)(C(=O)c4ccc(Cl)cc4)CC3)ccc21. The highest BCUT2D eigenvalue weighted by molar-refractivity contribution is 7.16. The van der Waals surface area contributed by atoms with E-state index in [9.17, 15) is 14.7 Å². The summed E-state index contributed by atoms with van der Waals surface area (Å²) in [7, 11) is 1.79. The number of likely N-dealkylation sites (tertiary alicyclic amines) is 1. The van der Waals surface area contributed by atoms with Gasteiger partial charge in [-0.2, -0.15) is 0 Å². The number of aliphatic hydroxyl groups is 1. The van der Waals surface area contributed by atoms with Gasteiger partial charge in [-0.05, 0) is 61.2 Å². The summed E-state index contributed by atoms with van der Waals surface area (Å²) in [5, 5.41) is 11.4. The molecular formula is C22H23ClN2O3S. The summed E-state index contributed by atoms with van der Waals surface area (Å²) < 4.78 is 2.68. The van der Waals surface area contributed by atoms with Crippen LogP contribution >= 0.6 is 22.9 Å². The number of Topliss-reactive ketones (excluding diaryl/α,β-unsaturated/α-hetero) is 1. The van der Waals surface area contributed by atoms with E-state index in [1.165, 1.54) is 16.9 Å². The molecule has 5 nitrogen and oxygen atoms in total. The number of ketones is 1. The molecule has 0 radical (unpaired) electrons. The lowest BCUT2D eigenvalue weighted by molar-refractivity contribution is -0.00610. The topological polar surface area (TPSA) is 62.5 Å². The minimum absolute atomic E-state index is 0.0535. The Morgan fingerprint density at radius 3 is 2.55 bits per heavy atom. The predicted molar refractivity (Wildman–Crippen MR) is 117 cm³/mol. The molecule has 152 valence electrons. The van der Waals surface area contributed by atoms with Gasteiger partial charge in [0.05, 0.1) is 10.2 Å². The molecule has 1 aliphatic rings. The Kier molecular flexibility index (Phi) is 5.62. The van der Waals surface area contributed by atoms with Crippen molar-refractivity contribution in [2.24, 2.45) is 7.05 Å². The second-order valence-electron chi connectivity index (χ2n) is 7.69. The lowest BCUT2D eigenvalue weighted by Crippen LogP contribution is -2.49. The third kappa shape index (κ3) is 4.16. The molecule has 4 rings (SSSR count). The minimum Gasteiger partial charge on any atom is -0.382 e. The Bertz CT molecular complexity index is 1100. The van der Waals surface area contributed by atoms with Gasteiger partial charge in [0.2, 0.25) is 0 Å². The van der Waals surface area contributed by atoms with E-state index in [2.05, 4.69) is 17.0 Å². The fourth-order valence-corrected chi connectivity index (χ4v) is 4.93. The van der Waals surface area contributed by atoms with E-state index in [0.717, 1.165) is 23.2 Å². The number of carbonyl (C=O) groups excluding carboxylic acids is 1. The van der Waals surface area contributed by atoms with Crippen molar-refractivity contribution in [3.8, 4) is 0 Å². The highest BCUT2D eigenvalue weighted by Gasteiger charge is 2.39.